The molecule has 2 amide bonds. The van der Waals surface area contributed by atoms with Gasteiger partial charge in [-0.05, 0) is 31.2 Å². The van der Waals surface area contributed by atoms with Gasteiger partial charge in [0.25, 0.3) is 11.8 Å². The molecule has 0 aliphatic heterocycles. The fourth-order valence-electron chi connectivity index (χ4n) is 3.16. The molecule has 0 radical (unpaired) electrons. The lowest BCUT2D eigenvalue weighted by atomic mass is 10.0. The predicted molar refractivity (Wildman–Crippen MR) is 113 cm³/mol. The van der Waals surface area contributed by atoms with E-state index in [4.69, 9.17) is 0 Å². The number of aromatic nitrogens is 1. The fraction of sp³-hybridized carbons (Fsp3) is 0.0417. The van der Waals surface area contributed by atoms with Gasteiger partial charge < -0.3 is 0 Å². The average Bonchev–Trinajstić information content (AvgIpc) is 2.77. The van der Waals surface area contributed by atoms with Crippen LogP contribution in [0.5, 0.6) is 0 Å². The molecule has 0 aliphatic carbocycles. The van der Waals surface area contributed by atoms with Gasteiger partial charge in [-0.3, -0.25) is 20.4 Å². The Labute approximate surface area is 168 Å². The number of nitrogens with one attached hydrogen (secondary N) is 2. The first kappa shape index (κ1) is 18.4. The quantitative estimate of drug-likeness (QED) is 0.520. The van der Waals surface area contributed by atoms with Crippen LogP contribution in [0.4, 0.5) is 0 Å². The van der Waals surface area contributed by atoms with Gasteiger partial charge in [-0.1, -0.05) is 66.2 Å². The highest BCUT2D eigenvalue weighted by Crippen LogP contribution is 2.24. The maximum Gasteiger partial charge on any atom is 0.270 e. The summed E-state index contributed by atoms with van der Waals surface area (Å²) in [5, 5.41) is 0.717. The first-order chi connectivity index (χ1) is 14.1. The summed E-state index contributed by atoms with van der Waals surface area (Å²) in [6, 6.07) is 26.0. The van der Waals surface area contributed by atoms with Gasteiger partial charge in [-0.25, -0.2) is 4.98 Å². The molecule has 0 unspecified atom stereocenters. The van der Waals surface area contributed by atoms with Crippen molar-refractivity contribution in [2.45, 2.75) is 6.92 Å². The smallest absolute Gasteiger partial charge is 0.267 e. The molecule has 0 bridgehead atoms. The number of benzene rings is 3. The number of hydrazine groups is 1. The number of hydrogen-bond donors (Lipinski definition) is 2. The lowest BCUT2D eigenvalue weighted by Crippen LogP contribution is -2.41. The minimum Gasteiger partial charge on any atom is -0.267 e. The Kier molecular flexibility index (Phi) is 5.03. The first-order valence-electron chi connectivity index (χ1n) is 9.24. The zero-order chi connectivity index (χ0) is 20.2. The van der Waals surface area contributed by atoms with Gasteiger partial charge >= 0.3 is 0 Å². The summed E-state index contributed by atoms with van der Waals surface area (Å²) < 4.78 is 0. The molecule has 3 aromatic carbocycles. The van der Waals surface area contributed by atoms with E-state index in [0.717, 1.165) is 16.5 Å². The van der Waals surface area contributed by atoms with Crippen molar-refractivity contribution in [3.63, 3.8) is 0 Å². The fourth-order valence-corrected chi connectivity index (χ4v) is 3.16. The van der Waals surface area contributed by atoms with Crippen LogP contribution in [-0.2, 0) is 0 Å². The van der Waals surface area contributed by atoms with Crippen molar-refractivity contribution < 1.29 is 9.59 Å². The third-order valence-electron chi connectivity index (χ3n) is 4.60. The Balaban J connectivity index is 1.64. The summed E-state index contributed by atoms with van der Waals surface area (Å²) in [6.45, 7) is 1.91. The van der Waals surface area contributed by atoms with Gasteiger partial charge in [0.15, 0.2) is 0 Å². The number of fused-ring (bicyclic) bond motifs is 1. The van der Waals surface area contributed by atoms with E-state index in [9.17, 15) is 9.59 Å². The average molecular weight is 381 g/mol. The second kappa shape index (κ2) is 7.94. The molecule has 142 valence electrons. The lowest BCUT2D eigenvalue weighted by molar-refractivity contribution is 0.0847. The Morgan fingerprint density at radius 2 is 1.48 bits per heavy atom. The Morgan fingerprint density at radius 3 is 2.28 bits per heavy atom. The molecule has 0 fully saturated rings. The van der Waals surface area contributed by atoms with Crippen LogP contribution in [0.3, 0.4) is 0 Å². The molecule has 1 heterocycles. The topological polar surface area (TPSA) is 71.1 Å². The molecule has 0 atom stereocenters. The van der Waals surface area contributed by atoms with Gasteiger partial charge in [0.1, 0.15) is 0 Å². The normalized spacial score (nSPS) is 10.5. The van der Waals surface area contributed by atoms with Crippen LogP contribution in [0, 0.1) is 6.92 Å². The maximum atomic E-state index is 12.9. The van der Waals surface area contributed by atoms with E-state index in [2.05, 4.69) is 15.8 Å². The number of para-hydroxylation sites is 1. The summed E-state index contributed by atoms with van der Waals surface area (Å²) in [6.07, 6.45) is 0. The number of nitrogens with zero attached hydrogens (tertiary/aromatic N) is 1. The predicted octanol–water partition coefficient (Wildman–Crippen LogP) is 4.29. The van der Waals surface area contributed by atoms with Crippen molar-refractivity contribution in [3.8, 4) is 11.3 Å². The van der Waals surface area contributed by atoms with Crippen LogP contribution >= 0.6 is 0 Å². The molecule has 0 spiro atoms. The van der Waals surface area contributed by atoms with Crippen molar-refractivity contribution >= 4 is 22.7 Å². The van der Waals surface area contributed by atoms with Crippen LogP contribution in [0.25, 0.3) is 22.2 Å². The van der Waals surface area contributed by atoms with Gasteiger partial charge in [-0.15, -0.1) is 0 Å². The number of amides is 2. The number of carbonyl (C=O) groups excluding carboxylic acids is 2. The summed E-state index contributed by atoms with van der Waals surface area (Å²) in [4.78, 5) is 29.9. The van der Waals surface area contributed by atoms with Crippen molar-refractivity contribution in [1.82, 2.24) is 15.8 Å². The molecule has 5 nitrogen and oxygen atoms in total. The molecule has 4 rings (SSSR count). The number of aryl methyl sites for hydroxylation is 1. The number of rotatable bonds is 3. The van der Waals surface area contributed by atoms with Gasteiger partial charge in [0.05, 0.1) is 16.8 Å². The van der Waals surface area contributed by atoms with Gasteiger partial charge in [0.2, 0.25) is 0 Å². The van der Waals surface area contributed by atoms with Crippen molar-refractivity contribution in [2.75, 3.05) is 0 Å². The summed E-state index contributed by atoms with van der Waals surface area (Å²) in [5.74, 6) is -0.773. The minimum atomic E-state index is -0.401. The van der Waals surface area contributed by atoms with E-state index in [-0.39, 0.29) is 5.91 Å². The number of pyridine rings is 1. The van der Waals surface area contributed by atoms with Gasteiger partial charge in [-0.2, -0.15) is 0 Å². The van der Waals surface area contributed by atoms with Crippen molar-refractivity contribution in [1.29, 1.82) is 0 Å². The van der Waals surface area contributed by atoms with Crippen molar-refractivity contribution in [3.05, 3.63) is 102 Å². The molecule has 4 aromatic rings. The zero-order valence-corrected chi connectivity index (χ0v) is 15.8. The number of carbonyl (C=O) groups is 2. The molecule has 0 saturated carbocycles. The SMILES string of the molecule is Cc1cccc(C(=O)NNC(=O)c2cc(-c3ccccc3)nc3ccccc23)c1. The summed E-state index contributed by atoms with van der Waals surface area (Å²) >= 11 is 0. The molecule has 1 aromatic heterocycles. The molecule has 2 N–H and O–H groups in total. The van der Waals surface area contributed by atoms with E-state index in [1.54, 1.807) is 24.3 Å². The van der Waals surface area contributed by atoms with E-state index in [1.807, 2.05) is 67.6 Å². The monoisotopic (exact) mass is 381 g/mol. The van der Waals surface area contributed by atoms with Crippen LogP contribution in [-0.4, -0.2) is 16.8 Å². The van der Waals surface area contributed by atoms with E-state index < -0.39 is 5.91 Å². The molecule has 5 heteroatoms. The van der Waals surface area contributed by atoms with Gasteiger partial charge in [0, 0.05) is 16.5 Å². The summed E-state index contributed by atoms with van der Waals surface area (Å²) in [7, 11) is 0. The largest absolute Gasteiger partial charge is 0.270 e. The Hall–Kier alpha value is -3.99. The molecule has 0 saturated heterocycles. The lowest BCUT2D eigenvalue weighted by Gasteiger charge is -2.11. The highest BCUT2D eigenvalue weighted by atomic mass is 16.2. The van der Waals surface area contributed by atoms with Crippen molar-refractivity contribution in [2.24, 2.45) is 0 Å². The van der Waals surface area contributed by atoms with Crippen LogP contribution in [0.1, 0.15) is 26.3 Å². The third kappa shape index (κ3) is 3.99. The Bertz CT molecular complexity index is 1200. The molecule has 29 heavy (non-hydrogen) atoms. The van der Waals surface area contributed by atoms with Crippen LogP contribution in [0.15, 0.2) is 84.9 Å². The van der Waals surface area contributed by atoms with E-state index >= 15 is 0 Å². The molecular formula is C24H19N3O2. The minimum absolute atomic E-state index is 0.372. The van der Waals surface area contributed by atoms with Crippen LogP contribution in [0.2, 0.25) is 0 Å². The third-order valence-corrected chi connectivity index (χ3v) is 4.60. The second-order valence-corrected chi connectivity index (χ2v) is 6.72. The highest BCUT2D eigenvalue weighted by Gasteiger charge is 2.15. The Morgan fingerprint density at radius 1 is 0.759 bits per heavy atom. The first-order valence-corrected chi connectivity index (χ1v) is 9.24. The standard InChI is InChI=1S/C24H19N3O2/c1-16-8-7-11-18(14-16)23(28)26-27-24(29)20-15-22(17-9-3-2-4-10-17)25-21-13-6-5-12-19(20)21/h2-15H,1H3,(H,26,28)(H,27,29). The number of hydrogen-bond acceptors (Lipinski definition) is 3. The second-order valence-electron chi connectivity index (χ2n) is 6.72. The van der Waals surface area contributed by atoms with Crippen LogP contribution < -0.4 is 10.9 Å². The zero-order valence-electron chi connectivity index (χ0n) is 15.8. The van der Waals surface area contributed by atoms with E-state index in [1.165, 1.54) is 0 Å². The molecular weight excluding hydrogens is 362 g/mol. The van der Waals surface area contributed by atoms with E-state index in [0.29, 0.717) is 22.3 Å². The summed E-state index contributed by atoms with van der Waals surface area (Å²) in [5.41, 5.74) is 9.22. The highest BCUT2D eigenvalue weighted by molar-refractivity contribution is 6.08. The maximum absolute atomic E-state index is 12.9. The molecule has 0 aliphatic rings.